The predicted octanol–water partition coefficient (Wildman–Crippen LogP) is 2.88. The van der Waals surface area contributed by atoms with Gasteiger partial charge in [-0.3, -0.25) is 4.79 Å². The molecule has 0 spiro atoms. The molecule has 0 aromatic rings. The second-order valence-electron chi connectivity index (χ2n) is 9.05. The van der Waals surface area contributed by atoms with E-state index in [0.717, 1.165) is 38.8 Å². The van der Waals surface area contributed by atoms with Gasteiger partial charge in [0.1, 0.15) is 0 Å². The highest BCUT2D eigenvalue weighted by Crippen LogP contribution is 2.34. The number of carbonyl (C=O) groups is 1. The lowest BCUT2D eigenvalue weighted by atomic mass is 9.74. The highest BCUT2D eigenvalue weighted by atomic mass is 32.2. The normalized spacial score (nSPS) is 25.5. The summed E-state index contributed by atoms with van der Waals surface area (Å²) in [6.07, 6.45) is 7.21. The van der Waals surface area contributed by atoms with Crippen LogP contribution in [0.3, 0.4) is 0 Å². The SMILES string of the molecule is CSCCN1CCC(NC(=O)CC2CC(C)(C)NC(C)(C)C2)CC1. The van der Waals surface area contributed by atoms with Gasteiger partial charge in [-0.05, 0) is 65.6 Å². The van der Waals surface area contributed by atoms with Gasteiger partial charge >= 0.3 is 0 Å². The van der Waals surface area contributed by atoms with E-state index in [1.807, 2.05) is 11.8 Å². The summed E-state index contributed by atoms with van der Waals surface area (Å²) in [7, 11) is 0. The summed E-state index contributed by atoms with van der Waals surface area (Å²) >= 11 is 1.91. The number of carbonyl (C=O) groups excluding carboxylic acids is 1. The molecule has 2 aliphatic rings. The number of nitrogens with zero attached hydrogens (tertiary/aromatic N) is 1. The molecule has 0 saturated carbocycles. The van der Waals surface area contributed by atoms with Crippen molar-refractivity contribution in [1.82, 2.24) is 15.5 Å². The Kier molecular flexibility index (Phi) is 7.03. The van der Waals surface area contributed by atoms with E-state index in [4.69, 9.17) is 0 Å². The first-order valence-corrected chi connectivity index (χ1v) is 10.9. The smallest absolute Gasteiger partial charge is 0.220 e. The quantitative estimate of drug-likeness (QED) is 0.769. The molecule has 2 N–H and O–H groups in total. The average molecular weight is 356 g/mol. The fourth-order valence-corrected chi connectivity index (χ4v) is 5.19. The number of rotatable bonds is 6. The van der Waals surface area contributed by atoms with Crippen molar-refractivity contribution in [3.8, 4) is 0 Å². The van der Waals surface area contributed by atoms with Crippen LogP contribution in [0.4, 0.5) is 0 Å². The molecule has 0 aromatic heterocycles. The third-order valence-electron chi connectivity index (χ3n) is 5.31. The van der Waals surface area contributed by atoms with Crippen molar-refractivity contribution < 1.29 is 4.79 Å². The monoisotopic (exact) mass is 355 g/mol. The number of thioether (sulfide) groups is 1. The molecule has 2 saturated heterocycles. The molecule has 0 atom stereocenters. The first-order valence-electron chi connectivity index (χ1n) is 9.49. The lowest BCUT2D eigenvalue weighted by molar-refractivity contribution is -0.123. The molecule has 2 rings (SSSR count). The first-order chi connectivity index (χ1) is 11.2. The van der Waals surface area contributed by atoms with Crippen LogP contribution in [0.5, 0.6) is 0 Å². The lowest BCUT2D eigenvalue weighted by Gasteiger charge is -2.46. The summed E-state index contributed by atoms with van der Waals surface area (Å²) in [4.78, 5) is 15.0. The van der Waals surface area contributed by atoms with Crippen molar-refractivity contribution in [2.45, 2.75) is 76.9 Å². The van der Waals surface area contributed by atoms with Gasteiger partial charge in [-0.1, -0.05) is 0 Å². The van der Waals surface area contributed by atoms with E-state index in [1.54, 1.807) is 0 Å². The highest BCUT2D eigenvalue weighted by molar-refractivity contribution is 7.98. The molecule has 24 heavy (non-hydrogen) atoms. The van der Waals surface area contributed by atoms with E-state index in [9.17, 15) is 4.79 Å². The maximum absolute atomic E-state index is 12.5. The van der Waals surface area contributed by atoms with E-state index >= 15 is 0 Å². The summed E-state index contributed by atoms with van der Waals surface area (Å²) in [5, 5.41) is 7.01. The van der Waals surface area contributed by atoms with E-state index < -0.39 is 0 Å². The highest BCUT2D eigenvalue weighted by Gasteiger charge is 2.38. The Morgan fingerprint density at radius 3 is 2.29 bits per heavy atom. The van der Waals surface area contributed by atoms with Crippen LogP contribution in [0.2, 0.25) is 0 Å². The van der Waals surface area contributed by atoms with Gasteiger partial charge in [0.15, 0.2) is 0 Å². The lowest BCUT2D eigenvalue weighted by Crippen LogP contribution is -2.58. The van der Waals surface area contributed by atoms with Crippen LogP contribution in [0.25, 0.3) is 0 Å². The molecule has 0 radical (unpaired) electrons. The van der Waals surface area contributed by atoms with Crippen molar-refractivity contribution in [1.29, 1.82) is 0 Å². The Labute approximate surface area is 152 Å². The standard InChI is InChI=1S/C19H37N3OS/c1-18(2)13-15(14-19(3,4)21-18)12-17(23)20-16-6-8-22(9-7-16)10-11-24-5/h15-16,21H,6-14H2,1-5H3,(H,20,23). The van der Waals surface area contributed by atoms with Gasteiger partial charge < -0.3 is 15.5 Å². The van der Waals surface area contributed by atoms with Gasteiger partial charge in [0.05, 0.1) is 0 Å². The Balaban J connectivity index is 1.74. The molecule has 140 valence electrons. The molecular weight excluding hydrogens is 318 g/mol. The summed E-state index contributed by atoms with van der Waals surface area (Å²) < 4.78 is 0. The largest absolute Gasteiger partial charge is 0.353 e. The molecule has 1 amide bonds. The molecule has 2 heterocycles. The van der Waals surface area contributed by atoms with Crippen molar-refractivity contribution >= 4 is 17.7 Å². The van der Waals surface area contributed by atoms with Gasteiger partial charge in [-0.15, -0.1) is 0 Å². The molecule has 0 unspecified atom stereocenters. The minimum atomic E-state index is 0.120. The van der Waals surface area contributed by atoms with Gasteiger partial charge in [-0.25, -0.2) is 0 Å². The predicted molar refractivity (Wildman–Crippen MR) is 105 cm³/mol. The zero-order valence-corrected chi connectivity index (χ0v) is 17.1. The van der Waals surface area contributed by atoms with Crippen LogP contribution in [-0.4, -0.2) is 59.6 Å². The Bertz CT molecular complexity index is 401. The Morgan fingerprint density at radius 2 is 1.75 bits per heavy atom. The average Bonchev–Trinajstić information content (AvgIpc) is 2.43. The van der Waals surface area contributed by atoms with Crippen LogP contribution in [-0.2, 0) is 4.79 Å². The van der Waals surface area contributed by atoms with Crippen LogP contribution in [0, 0.1) is 5.92 Å². The third kappa shape index (κ3) is 6.57. The molecule has 2 fully saturated rings. The van der Waals surface area contributed by atoms with E-state index in [-0.39, 0.29) is 17.0 Å². The zero-order valence-electron chi connectivity index (χ0n) is 16.3. The number of nitrogens with one attached hydrogen (secondary N) is 2. The summed E-state index contributed by atoms with van der Waals surface area (Å²) in [6, 6.07) is 0.380. The topological polar surface area (TPSA) is 44.4 Å². The number of piperidine rings is 2. The van der Waals surface area contributed by atoms with E-state index in [2.05, 4.69) is 49.5 Å². The molecule has 2 aliphatic heterocycles. The molecule has 0 bridgehead atoms. The molecule has 0 aliphatic carbocycles. The maximum atomic E-state index is 12.5. The van der Waals surface area contributed by atoms with Crippen LogP contribution >= 0.6 is 11.8 Å². The molecule has 5 heteroatoms. The number of amides is 1. The van der Waals surface area contributed by atoms with Crippen molar-refractivity contribution in [3.05, 3.63) is 0 Å². The fourth-order valence-electron chi connectivity index (χ4n) is 4.75. The Hall–Kier alpha value is -0.260. The maximum Gasteiger partial charge on any atom is 0.220 e. The molecule has 0 aromatic carbocycles. The van der Waals surface area contributed by atoms with Gasteiger partial charge in [0, 0.05) is 48.9 Å². The summed E-state index contributed by atoms with van der Waals surface area (Å²) in [5.74, 6) is 1.95. The van der Waals surface area contributed by atoms with Crippen molar-refractivity contribution in [3.63, 3.8) is 0 Å². The third-order valence-corrected chi connectivity index (χ3v) is 5.90. The number of hydrogen-bond donors (Lipinski definition) is 2. The molecule has 4 nitrogen and oxygen atoms in total. The minimum Gasteiger partial charge on any atom is -0.353 e. The summed E-state index contributed by atoms with van der Waals surface area (Å²) in [5.41, 5.74) is 0.241. The van der Waals surface area contributed by atoms with Crippen LogP contribution in [0.1, 0.15) is 59.8 Å². The minimum absolute atomic E-state index is 0.120. The van der Waals surface area contributed by atoms with Crippen LogP contribution < -0.4 is 10.6 Å². The van der Waals surface area contributed by atoms with Crippen molar-refractivity contribution in [2.75, 3.05) is 31.6 Å². The van der Waals surface area contributed by atoms with Gasteiger partial charge in [0.2, 0.25) is 5.91 Å². The molecular formula is C19H37N3OS. The van der Waals surface area contributed by atoms with Crippen LogP contribution in [0.15, 0.2) is 0 Å². The second kappa shape index (κ2) is 8.41. The Morgan fingerprint density at radius 1 is 1.17 bits per heavy atom. The van der Waals surface area contributed by atoms with Gasteiger partial charge in [0.25, 0.3) is 0 Å². The second-order valence-corrected chi connectivity index (χ2v) is 10.0. The number of likely N-dealkylation sites (tertiary alicyclic amines) is 1. The fraction of sp³-hybridized carbons (Fsp3) is 0.947. The van der Waals surface area contributed by atoms with E-state index in [1.165, 1.54) is 12.3 Å². The van der Waals surface area contributed by atoms with Crippen molar-refractivity contribution in [2.24, 2.45) is 5.92 Å². The summed E-state index contributed by atoms with van der Waals surface area (Å²) in [6.45, 7) is 12.4. The van der Waals surface area contributed by atoms with E-state index in [0.29, 0.717) is 18.4 Å². The van der Waals surface area contributed by atoms with Gasteiger partial charge in [-0.2, -0.15) is 11.8 Å². The first kappa shape index (κ1) is 20.1. The zero-order chi connectivity index (χ0) is 17.8. The number of hydrogen-bond acceptors (Lipinski definition) is 4.